The summed E-state index contributed by atoms with van der Waals surface area (Å²) in [6, 6.07) is 7.22. The van der Waals surface area contributed by atoms with Crippen molar-refractivity contribution in [3.8, 4) is 0 Å². The van der Waals surface area contributed by atoms with E-state index in [1.54, 1.807) is 23.0 Å². The summed E-state index contributed by atoms with van der Waals surface area (Å²) >= 11 is 0. The summed E-state index contributed by atoms with van der Waals surface area (Å²) in [7, 11) is 0. The normalized spacial score (nSPS) is 11.3. The van der Waals surface area contributed by atoms with Gasteiger partial charge in [0.2, 0.25) is 0 Å². The van der Waals surface area contributed by atoms with Crippen LogP contribution in [0.1, 0.15) is 55.7 Å². The van der Waals surface area contributed by atoms with Gasteiger partial charge in [-0.25, -0.2) is 18.9 Å². The van der Waals surface area contributed by atoms with Crippen molar-refractivity contribution in [1.29, 1.82) is 0 Å². The van der Waals surface area contributed by atoms with Gasteiger partial charge in [0.05, 0.1) is 17.1 Å². The van der Waals surface area contributed by atoms with Crippen molar-refractivity contribution in [3.05, 3.63) is 53.6 Å². The van der Waals surface area contributed by atoms with Gasteiger partial charge in [0.1, 0.15) is 5.82 Å². The minimum absolute atomic E-state index is 0.0725. The van der Waals surface area contributed by atoms with Crippen molar-refractivity contribution in [2.75, 3.05) is 11.9 Å². The predicted molar refractivity (Wildman–Crippen MR) is 107 cm³/mol. The van der Waals surface area contributed by atoms with E-state index >= 15 is 0 Å². The first-order valence-electron chi connectivity index (χ1n) is 9.37. The summed E-state index contributed by atoms with van der Waals surface area (Å²) in [5, 5.41) is 7.39. The number of amides is 1. The largest absolute Gasteiger partial charge is 0.452 e. The number of carbonyl (C=O) groups is 2. The molecule has 0 aliphatic carbocycles. The molecule has 0 saturated heterocycles. The van der Waals surface area contributed by atoms with Crippen molar-refractivity contribution in [3.63, 3.8) is 0 Å². The van der Waals surface area contributed by atoms with Crippen LogP contribution in [0.15, 0.2) is 36.5 Å². The monoisotopic (exact) mass is 398 g/mol. The van der Waals surface area contributed by atoms with Crippen LogP contribution in [-0.2, 0) is 9.53 Å². The van der Waals surface area contributed by atoms with Gasteiger partial charge in [0.15, 0.2) is 12.3 Å². The second-order valence-corrected chi connectivity index (χ2v) is 7.30. The first kappa shape index (κ1) is 20.4. The summed E-state index contributed by atoms with van der Waals surface area (Å²) in [5.74, 6) is -1.58. The Morgan fingerprint density at radius 3 is 2.62 bits per heavy atom. The number of fused-ring (bicyclic) bond motifs is 1. The molecule has 2 heterocycles. The molecule has 2 aromatic heterocycles. The Hall–Kier alpha value is -3.29. The topological polar surface area (TPSA) is 86.1 Å². The van der Waals surface area contributed by atoms with Crippen LogP contribution >= 0.6 is 0 Å². The van der Waals surface area contributed by atoms with Crippen LogP contribution in [-0.4, -0.2) is 33.2 Å². The zero-order valence-electron chi connectivity index (χ0n) is 16.8. The fraction of sp³-hybridized carbons (Fsp3) is 0.333. The lowest BCUT2D eigenvalue weighted by molar-refractivity contribution is -0.119. The van der Waals surface area contributed by atoms with Crippen LogP contribution < -0.4 is 5.32 Å². The van der Waals surface area contributed by atoms with Gasteiger partial charge in [-0.1, -0.05) is 19.9 Å². The molecule has 3 aromatic rings. The first-order valence-corrected chi connectivity index (χ1v) is 9.37. The summed E-state index contributed by atoms with van der Waals surface area (Å²) < 4.78 is 20.2. The van der Waals surface area contributed by atoms with Gasteiger partial charge in [-0.15, -0.1) is 0 Å². The maximum Gasteiger partial charge on any atom is 0.339 e. The number of pyridine rings is 1. The van der Waals surface area contributed by atoms with Crippen LogP contribution in [0.25, 0.3) is 11.0 Å². The third-order valence-electron chi connectivity index (χ3n) is 4.33. The summed E-state index contributed by atoms with van der Waals surface area (Å²) in [5.41, 5.74) is 1.93. The fourth-order valence-electron chi connectivity index (χ4n) is 2.85. The molecule has 0 spiro atoms. The molecule has 0 fully saturated rings. The van der Waals surface area contributed by atoms with E-state index in [1.165, 1.54) is 18.2 Å². The number of benzene rings is 1. The van der Waals surface area contributed by atoms with Crippen LogP contribution in [0.3, 0.4) is 0 Å². The maximum absolute atomic E-state index is 13.2. The Kier molecular flexibility index (Phi) is 5.91. The minimum atomic E-state index is -0.642. The van der Waals surface area contributed by atoms with Crippen molar-refractivity contribution >= 4 is 28.6 Å². The molecule has 8 heteroatoms. The molecule has 29 heavy (non-hydrogen) atoms. The molecular formula is C21H23FN4O3. The van der Waals surface area contributed by atoms with Crippen molar-refractivity contribution < 1.29 is 18.7 Å². The molecule has 0 atom stereocenters. The third kappa shape index (κ3) is 4.59. The number of halogens is 1. The number of carbonyl (C=O) groups excluding carboxylic acids is 2. The van der Waals surface area contributed by atoms with Gasteiger partial charge in [0.25, 0.3) is 5.91 Å². The van der Waals surface area contributed by atoms with Gasteiger partial charge < -0.3 is 10.1 Å². The third-order valence-corrected chi connectivity index (χ3v) is 4.33. The highest BCUT2D eigenvalue weighted by molar-refractivity contribution is 6.03. The predicted octanol–water partition coefficient (Wildman–Crippen LogP) is 4.07. The zero-order chi connectivity index (χ0) is 21.1. The maximum atomic E-state index is 13.2. The highest BCUT2D eigenvalue weighted by atomic mass is 19.1. The van der Waals surface area contributed by atoms with E-state index in [2.05, 4.69) is 15.4 Å². The Morgan fingerprint density at radius 1 is 1.21 bits per heavy atom. The molecule has 0 aliphatic heterocycles. The minimum Gasteiger partial charge on any atom is -0.452 e. The molecule has 152 valence electrons. The van der Waals surface area contributed by atoms with Crippen LogP contribution in [0, 0.1) is 5.82 Å². The van der Waals surface area contributed by atoms with Crippen LogP contribution in [0.5, 0.6) is 0 Å². The van der Waals surface area contributed by atoms with E-state index < -0.39 is 24.3 Å². The Bertz CT molecular complexity index is 1060. The summed E-state index contributed by atoms with van der Waals surface area (Å²) in [4.78, 5) is 29.4. The quantitative estimate of drug-likeness (QED) is 0.633. The number of hydrogen-bond donors (Lipinski definition) is 1. The molecule has 0 radical (unpaired) electrons. The van der Waals surface area contributed by atoms with E-state index in [-0.39, 0.29) is 17.6 Å². The highest BCUT2D eigenvalue weighted by Gasteiger charge is 2.20. The van der Waals surface area contributed by atoms with Gasteiger partial charge in [0, 0.05) is 17.4 Å². The smallest absolute Gasteiger partial charge is 0.339 e. The van der Waals surface area contributed by atoms with Crippen LogP contribution in [0.4, 0.5) is 10.1 Å². The second kappa shape index (κ2) is 8.38. The molecule has 1 aromatic carbocycles. The number of anilines is 1. The van der Waals surface area contributed by atoms with E-state index in [0.29, 0.717) is 16.6 Å². The Balaban J connectivity index is 1.80. The van der Waals surface area contributed by atoms with E-state index in [0.717, 1.165) is 5.69 Å². The average molecular weight is 398 g/mol. The molecule has 0 unspecified atom stereocenters. The molecule has 0 aliphatic rings. The molecule has 1 N–H and O–H groups in total. The lowest BCUT2D eigenvalue weighted by atomic mass is 10.1. The van der Waals surface area contributed by atoms with Gasteiger partial charge >= 0.3 is 5.97 Å². The van der Waals surface area contributed by atoms with Crippen molar-refractivity contribution in [2.24, 2.45) is 0 Å². The SMILES string of the molecule is CC(C)c1cc(C(=O)OCC(=O)Nc2cccc(F)c2)c2cnn(C(C)C)c2n1. The van der Waals surface area contributed by atoms with E-state index in [9.17, 15) is 14.0 Å². The zero-order valence-corrected chi connectivity index (χ0v) is 16.8. The lowest BCUT2D eigenvalue weighted by Crippen LogP contribution is -2.21. The number of rotatable bonds is 6. The van der Waals surface area contributed by atoms with Crippen molar-refractivity contribution in [1.82, 2.24) is 14.8 Å². The molecule has 0 saturated carbocycles. The number of nitrogens with zero attached hydrogens (tertiary/aromatic N) is 3. The molecule has 1 amide bonds. The molecule has 7 nitrogen and oxygen atoms in total. The van der Waals surface area contributed by atoms with Crippen LogP contribution in [0.2, 0.25) is 0 Å². The average Bonchev–Trinajstić information content (AvgIpc) is 3.09. The molecule has 0 bridgehead atoms. The number of nitrogens with one attached hydrogen (secondary N) is 1. The number of esters is 1. The molecular weight excluding hydrogens is 375 g/mol. The summed E-state index contributed by atoms with van der Waals surface area (Å²) in [6.07, 6.45) is 1.58. The second-order valence-electron chi connectivity index (χ2n) is 7.30. The number of aromatic nitrogens is 3. The van der Waals surface area contributed by atoms with Gasteiger partial charge in [-0.05, 0) is 44.0 Å². The molecule has 3 rings (SSSR count). The van der Waals surface area contributed by atoms with Gasteiger partial charge in [-0.2, -0.15) is 5.10 Å². The van der Waals surface area contributed by atoms with E-state index in [1.807, 2.05) is 27.7 Å². The van der Waals surface area contributed by atoms with Gasteiger partial charge in [-0.3, -0.25) is 4.79 Å². The van der Waals surface area contributed by atoms with E-state index in [4.69, 9.17) is 4.74 Å². The Labute approximate surface area is 167 Å². The fourth-order valence-corrected chi connectivity index (χ4v) is 2.85. The Morgan fingerprint density at radius 2 is 1.97 bits per heavy atom. The lowest BCUT2D eigenvalue weighted by Gasteiger charge is -2.12. The first-order chi connectivity index (χ1) is 13.8. The number of ether oxygens (including phenoxy) is 1. The number of hydrogen-bond acceptors (Lipinski definition) is 5. The summed E-state index contributed by atoms with van der Waals surface area (Å²) in [6.45, 7) is 7.42. The standard InChI is InChI=1S/C21H23FN4O3/c1-12(2)18-9-16(17-10-23-26(13(3)4)20(17)25-18)21(28)29-11-19(27)24-15-7-5-6-14(22)8-15/h5-10,12-13H,11H2,1-4H3,(H,24,27). The highest BCUT2D eigenvalue weighted by Crippen LogP contribution is 2.25. The van der Waals surface area contributed by atoms with Crippen molar-refractivity contribution in [2.45, 2.75) is 39.7 Å².